The molecule has 0 aromatic heterocycles. The van der Waals surface area contributed by atoms with E-state index in [4.69, 9.17) is 4.74 Å². The van der Waals surface area contributed by atoms with E-state index in [1.807, 2.05) is 51.1 Å². The number of carbonyl (C=O) groups excluding carboxylic acids is 1. The number of hydrogen-bond acceptors (Lipinski definition) is 3. The van der Waals surface area contributed by atoms with Crippen molar-refractivity contribution in [3.63, 3.8) is 0 Å². The van der Waals surface area contributed by atoms with Crippen molar-refractivity contribution in [2.75, 3.05) is 0 Å². The number of aliphatic hydroxyl groups excluding tert-OH is 1. The Hall–Kier alpha value is -1.59. The van der Waals surface area contributed by atoms with Gasteiger partial charge in [-0.3, -0.25) is 0 Å². The second-order valence-corrected chi connectivity index (χ2v) is 6.61. The summed E-state index contributed by atoms with van der Waals surface area (Å²) in [6.45, 7) is 5.96. The first-order valence-electron chi connectivity index (χ1n) is 8.39. The monoisotopic (exact) mass is 320 g/mol. The number of benzene rings is 1. The molecule has 3 N–H and O–H groups in total. The molecule has 1 aliphatic heterocycles. The van der Waals surface area contributed by atoms with Crippen LogP contribution in [0.3, 0.4) is 0 Å². The molecule has 1 fully saturated rings. The Morgan fingerprint density at radius 2 is 1.87 bits per heavy atom. The van der Waals surface area contributed by atoms with Gasteiger partial charge in [0.15, 0.2) is 0 Å². The second kappa shape index (κ2) is 8.31. The lowest BCUT2D eigenvalue weighted by Gasteiger charge is -2.32. The fraction of sp³-hybridized carbons (Fsp3) is 0.611. The Bertz CT molecular complexity index is 484. The average molecular weight is 320 g/mol. The number of carbonyl (C=O) groups is 1. The summed E-state index contributed by atoms with van der Waals surface area (Å²) in [5.41, 5.74) is 0.869. The molecule has 1 aliphatic rings. The van der Waals surface area contributed by atoms with Gasteiger partial charge in [0.25, 0.3) is 0 Å². The fourth-order valence-corrected chi connectivity index (χ4v) is 3.18. The normalized spacial score (nSPS) is 27.0. The summed E-state index contributed by atoms with van der Waals surface area (Å²) < 4.78 is 5.68. The van der Waals surface area contributed by atoms with Gasteiger partial charge in [-0.2, -0.15) is 0 Å². The smallest absolute Gasteiger partial charge is 0.315 e. The van der Waals surface area contributed by atoms with Crippen LogP contribution in [0.5, 0.6) is 0 Å². The molecule has 0 bridgehead atoms. The van der Waals surface area contributed by atoms with E-state index in [-0.39, 0.29) is 30.3 Å². The molecule has 1 saturated heterocycles. The van der Waals surface area contributed by atoms with Gasteiger partial charge >= 0.3 is 6.03 Å². The molecule has 0 aliphatic carbocycles. The lowest BCUT2D eigenvalue weighted by molar-refractivity contribution is -0.0402. The summed E-state index contributed by atoms with van der Waals surface area (Å²) in [5.74, 6) is 0. The van der Waals surface area contributed by atoms with Crippen LogP contribution in [0.25, 0.3) is 0 Å². The summed E-state index contributed by atoms with van der Waals surface area (Å²) in [6.07, 6.45) is 1.91. The number of ether oxygens (including phenoxy) is 1. The fourth-order valence-electron chi connectivity index (χ4n) is 3.18. The quantitative estimate of drug-likeness (QED) is 0.781. The zero-order chi connectivity index (χ0) is 16.8. The van der Waals surface area contributed by atoms with Gasteiger partial charge in [0.05, 0.1) is 18.3 Å². The van der Waals surface area contributed by atoms with E-state index in [0.717, 1.165) is 18.4 Å². The lowest BCUT2D eigenvalue weighted by atomic mass is 10.00. The molecule has 5 nitrogen and oxygen atoms in total. The Labute approximate surface area is 138 Å². The van der Waals surface area contributed by atoms with Crippen molar-refractivity contribution in [2.45, 2.75) is 70.4 Å². The molecular formula is C18H28N2O3. The third kappa shape index (κ3) is 5.84. The highest BCUT2D eigenvalue weighted by molar-refractivity contribution is 5.74. The van der Waals surface area contributed by atoms with Crippen LogP contribution in [-0.2, 0) is 4.74 Å². The van der Waals surface area contributed by atoms with Gasteiger partial charge in [-0.15, -0.1) is 0 Å². The van der Waals surface area contributed by atoms with E-state index < -0.39 is 6.10 Å². The SMILES string of the molecule is CC(CC(O)c1ccccc1)NC(=O)NC1CC(C)OC(C)C1. The number of aliphatic hydroxyl groups is 1. The highest BCUT2D eigenvalue weighted by atomic mass is 16.5. The molecule has 1 heterocycles. The summed E-state index contributed by atoms with van der Waals surface area (Å²) in [4.78, 5) is 12.1. The number of amides is 2. The predicted octanol–water partition coefficient (Wildman–Crippen LogP) is 2.75. The highest BCUT2D eigenvalue weighted by Gasteiger charge is 2.26. The van der Waals surface area contributed by atoms with Gasteiger partial charge in [0.2, 0.25) is 0 Å². The van der Waals surface area contributed by atoms with Crippen molar-refractivity contribution in [3.8, 4) is 0 Å². The maximum atomic E-state index is 12.1. The van der Waals surface area contributed by atoms with E-state index in [9.17, 15) is 9.90 Å². The van der Waals surface area contributed by atoms with Gasteiger partial charge in [0.1, 0.15) is 0 Å². The van der Waals surface area contributed by atoms with Gasteiger partial charge in [-0.25, -0.2) is 4.79 Å². The highest BCUT2D eigenvalue weighted by Crippen LogP contribution is 2.19. The van der Waals surface area contributed by atoms with Gasteiger partial charge in [-0.05, 0) is 45.6 Å². The third-order valence-electron chi connectivity index (χ3n) is 4.17. The summed E-state index contributed by atoms with van der Waals surface area (Å²) in [7, 11) is 0. The number of rotatable bonds is 5. The van der Waals surface area contributed by atoms with Crippen molar-refractivity contribution in [2.24, 2.45) is 0 Å². The van der Waals surface area contributed by atoms with E-state index in [0.29, 0.717) is 6.42 Å². The van der Waals surface area contributed by atoms with Gasteiger partial charge in [0, 0.05) is 12.1 Å². The minimum atomic E-state index is -0.574. The Morgan fingerprint density at radius 3 is 2.48 bits per heavy atom. The molecular weight excluding hydrogens is 292 g/mol. The van der Waals surface area contributed by atoms with E-state index in [1.54, 1.807) is 0 Å². The Morgan fingerprint density at radius 1 is 1.26 bits per heavy atom. The summed E-state index contributed by atoms with van der Waals surface area (Å²) in [6, 6.07) is 9.35. The van der Waals surface area contributed by atoms with E-state index >= 15 is 0 Å². The van der Waals surface area contributed by atoms with Crippen LogP contribution in [0.4, 0.5) is 4.79 Å². The Balaban J connectivity index is 1.76. The molecule has 2 amide bonds. The van der Waals surface area contributed by atoms with E-state index in [2.05, 4.69) is 10.6 Å². The van der Waals surface area contributed by atoms with Crippen molar-refractivity contribution >= 4 is 6.03 Å². The third-order valence-corrected chi connectivity index (χ3v) is 4.17. The minimum Gasteiger partial charge on any atom is -0.388 e. The van der Waals surface area contributed by atoms with Gasteiger partial charge < -0.3 is 20.5 Å². The van der Waals surface area contributed by atoms with Gasteiger partial charge in [-0.1, -0.05) is 30.3 Å². The maximum absolute atomic E-state index is 12.1. The molecule has 0 saturated carbocycles. The van der Waals surface area contributed by atoms with Crippen LogP contribution in [0.1, 0.15) is 51.7 Å². The minimum absolute atomic E-state index is 0.111. The van der Waals surface area contributed by atoms with Crippen LogP contribution in [0, 0.1) is 0 Å². The molecule has 0 spiro atoms. The molecule has 128 valence electrons. The molecule has 0 radical (unpaired) electrons. The van der Waals surface area contributed by atoms with Crippen molar-refractivity contribution < 1.29 is 14.6 Å². The summed E-state index contributed by atoms with van der Waals surface area (Å²) in [5, 5.41) is 16.1. The largest absolute Gasteiger partial charge is 0.388 e. The summed E-state index contributed by atoms with van der Waals surface area (Å²) >= 11 is 0. The molecule has 1 aromatic carbocycles. The van der Waals surface area contributed by atoms with Crippen LogP contribution < -0.4 is 10.6 Å². The number of hydrogen-bond donors (Lipinski definition) is 3. The molecule has 23 heavy (non-hydrogen) atoms. The molecule has 4 unspecified atom stereocenters. The van der Waals surface area contributed by atoms with Crippen LogP contribution in [0.2, 0.25) is 0 Å². The Kier molecular flexibility index (Phi) is 6.42. The van der Waals surface area contributed by atoms with E-state index in [1.165, 1.54) is 0 Å². The predicted molar refractivity (Wildman–Crippen MR) is 90.2 cm³/mol. The zero-order valence-corrected chi connectivity index (χ0v) is 14.2. The first-order valence-corrected chi connectivity index (χ1v) is 8.39. The first kappa shape index (κ1) is 17.8. The van der Waals surface area contributed by atoms with Crippen LogP contribution in [-0.4, -0.2) is 35.4 Å². The van der Waals surface area contributed by atoms with Crippen LogP contribution in [0.15, 0.2) is 30.3 Å². The topological polar surface area (TPSA) is 70.6 Å². The van der Waals surface area contributed by atoms with Crippen molar-refractivity contribution in [1.82, 2.24) is 10.6 Å². The molecule has 4 atom stereocenters. The number of nitrogens with one attached hydrogen (secondary N) is 2. The second-order valence-electron chi connectivity index (χ2n) is 6.61. The average Bonchev–Trinajstić information content (AvgIpc) is 2.46. The van der Waals surface area contributed by atoms with Crippen molar-refractivity contribution in [1.29, 1.82) is 0 Å². The zero-order valence-electron chi connectivity index (χ0n) is 14.2. The maximum Gasteiger partial charge on any atom is 0.315 e. The standard InChI is InChI=1S/C18H28N2O3/c1-12(9-17(21)15-7-5-4-6-8-15)19-18(22)20-16-10-13(2)23-14(3)11-16/h4-8,12-14,16-17,21H,9-11H2,1-3H3,(H2,19,20,22). The van der Waals surface area contributed by atoms with Crippen LogP contribution >= 0.6 is 0 Å². The van der Waals surface area contributed by atoms with Crippen molar-refractivity contribution in [3.05, 3.63) is 35.9 Å². The lowest BCUT2D eigenvalue weighted by Crippen LogP contribution is -2.49. The number of urea groups is 1. The molecule has 5 heteroatoms. The molecule has 1 aromatic rings. The first-order chi connectivity index (χ1) is 10.9. The molecule has 2 rings (SSSR count).